The molecular weight excluding hydrogens is 409 g/mol. The Kier molecular flexibility index (Phi) is 4.59. The van der Waals surface area contributed by atoms with Crippen LogP contribution in [0.2, 0.25) is 5.15 Å². The lowest BCUT2D eigenvalue weighted by atomic mass is 10.3. The number of para-hydroxylation sites is 1. The normalized spacial score (nSPS) is 11.2. The van der Waals surface area contributed by atoms with Gasteiger partial charge >= 0.3 is 0 Å². The first kappa shape index (κ1) is 15.2. The number of hydrogen-bond acceptors (Lipinski definition) is 2. The molecule has 110 valence electrons. The Morgan fingerprint density at radius 3 is 2.45 bits per heavy atom. The Morgan fingerprint density at radius 2 is 1.77 bits per heavy atom. The molecule has 0 unspecified atom stereocenters. The van der Waals surface area contributed by atoms with Crippen molar-refractivity contribution in [2.24, 2.45) is 4.99 Å². The molecule has 0 aliphatic carbocycles. The molecule has 0 radical (unpaired) electrons. The molecule has 0 bridgehead atoms. The van der Waals surface area contributed by atoms with Gasteiger partial charge in [0.25, 0.3) is 0 Å². The van der Waals surface area contributed by atoms with E-state index in [1.807, 2.05) is 61.5 Å². The Labute approximate surface area is 147 Å². The smallest absolute Gasteiger partial charge is 0.141 e. The van der Waals surface area contributed by atoms with Gasteiger partial charge in [0, 0.05) is 9.78 Å². The van der Waals surface area contributed by atoms with Crippen molar-refractivity contribution in [3.8, 4) is 5.69 Å². The van der Waals surface area contributed by atoms with Crippen LogP contribution in [0.5, 0.6) is 0 Å². The highest BCUT2D eigenvalue weighted by Gasteiger charge is 2.12. The van der Waals surface area contributed by atoms with E-state index in [1.165, 1.54) is 3.57 Å². The van der Waals surface area contributed by atoms with Crippen LogP contribution in [0.25, 0.3) is 5.69 Å². The molecular formula is C17H13ClIN3. The van der Waals surface area contributed by atoms with Gasteiger partial charge in [-0.15, -0.1) is 0 Å². The van der Waals surface area contributed by atoms with Crippen LogP contribution >= 0.6 is 34.2 Å². The topological polar surface area (TPSA) is 30.2 Å². The molecule has 0 amide bonds. The lowest BCUT2D eigenvalue weighted by Crippen LogP contribution is -1.95. The second kappa shape index (κ2) is 6.62. The van der Waals surface area contributed by atoms with Gasteiger partial charge < -0.3 is 0 Å². The first-order valence-corrected chi connectivity index (χ1v) is 8.21. The van der Waals surface area contributed by atoms with E-state index in [9.17, 15) is 0 Å². The molecule has 0 saturated heterocycles. The van der Waals surface area contributed by atoms with E-state index < -0.39 is 0 Å². The lowest BCUT2D eigenvalue weighted by molar-refractivity contribution is 0.863. The van der Waals surface area contributed by atoms with Crippen LogP contribution in [0.15, 0.2) is 59.6 Å². The molecule has 0 fully saturated rings. The van der Waals surface area contributed by atoms with Crippen molar-refractivity contribution in [3.63, 3.8) is 0 Å². The van der Waals surface area contributed by atoms with Crippen LogP contribution < -0.4 is 0 Å². The third kappa shape index (κ3) is 3.23. The van der Waals surface area contributed by atoms with Crippen molar-refractivity contribution < 1.29 is 0 Å². The lowest BCUT2D eigenvalue weighted by Gasteiger charge is -2.01. The molecule has 0 aliphatic rings. The van der Waals surface area contributed by atoms with Crippen LogP contribution in [0.1, 0.15) is 11.3 Å². The Hall–Kier alpha value is -1.66. The molecule has 3 aromatic rings. The fourth-order valence-corrected chi connectivity index (χ4v) is 2.74. The summed E-state index contributed by atoms with van der Waals surface area (Å²) in [6, 6.07) is 17.8. The summed E-state index contributed by atoms with van der Waals surface area (Å²) >= 11 is 8.73. The van der Waals surface area contributed by atoms with E-state index in [2.05, 4.69) is 32.7 Å². The fourth-order valence-electron chi connectivity index (χ4n) is 2.06. The minimum atomic E-state index is 0.568. The summed E-state index contributed by atoms with van der Waals surface area (Å²) in [7, 11) is 0. The number of halogens is 2. The molecule has 1 heterocycles. The molecule has 2 aromatic carbocycles. The maximum atomic E-state index is 6.46. The summed E-state index contributed by atoms with van der Waals surface area (Å²) in [5.41, 5.74) is 3.51. The summed E-state index contributed by atoms with van der Waals surface area (Å²) in [6.07, 6.45) is 1.77. The maximum absolute atomic E-state index is 6.46. The number of aromatic nitrogens is 2. The Morgan fingerprint density at radius 1 is 1.09 bits per heavy atom. The molecule has 0 N–H and O–H groups in total. The minimum absolute atomic E-state index is 0.568. The van der Waals surface area contributed by atoms with Crippen molar-refractivity contribution in [2.45, 2.75) is 6.92 Å². The van der Waals surface area contributed by atoms with Crippen molar-refractivity contribution in [1.29, 1.82) is 0 Å². The minimum Gasteiger partial charge on any atom is -0.256 e. The van der Waals surface area contributed by atoms with Gasteiger partial charge in [0.15, 0.2) is 0 Å². The Balaban J connectivity index is 1.95. The van der Waals surface area contributed by atoms with Crippen LogP contribution in [0.3, 0.4) is 0 Å². The van der Waals surface area contributed by atoms with Gasteiger partial charge in [0.2, 0.25) is 0 Å². The number of hydrogen-bond donors (Lipinski definition) is 0. The van der Waals surface area contributed by atoms with E-state index >= 15 is 0 Å². The average Bonchev–Trinajstić information content (AvgIpc) is 2.82. The summed E-state index contributed by atoms with van der Waals surface area (Å²) in [5, 5.41) is 5.07. The molecule has 1 aromatic heterocycles. The third-order valence-corrected chi connectivity index (χ3v) is 4.30. The van der Waals surface area contributed by atoms with Crippen molar-refractivity contribution >= 4 is 46.1 Å². The Bertz CT molecular complexity index is 808. The van der Waals surface area contributed by atoms with Gasteiger partial charge in [-0.2, -0.15) is 5.10 Å². The molecule has 0 atom stereocenters. The van der Waals surface area contributed by atoms with Crippen molar-refractivity contribution in [3.05, 3.63) is 74.6 Å². The van der Waals surface area contributed by atoms with Gasteiger partial charge in [-0.1, -0.05) is 29.8 Å². The molecule has 5 heteroatoms. The van der Waals surface area contributed by atoms with E-state index in [4.69, 9.17) is 11.6 Å². The van der Waals surface area contributed by atoms with Gasteiger partial charge in [0.1, 0.15) is 5.15 Å². The van der Waals surface area contributed by atoms with Crippen molar-refractivity contribution in [1.82, 2.24) is 9.78 Å². The average molecular weight is 422 g/mol. The third-order valence-electron chi connectivity index (χ3n) is 3.22. The van der Waals surface area contributed by atoms with Crippen LogP contribution in [-0.2, 0) is 0 Å². The summed E-state index contributed by atoms with van der Waals surface area (Å²) in [4.78, 5) is 4.48. The number of rotatable bonds is 3. The predicted octanol–water partition coefficient (Wildman–Crippen LogP) is 5.19. The van der Waals surface area contributed by atoms with Gasteiger partial charge in [-0.05, 0) is 65.9 Å². The second-order valence-electron chi connectivity index (χ2n) is 4.77. The molecule has 0 saturated carbocycles. The number of aliphatic imine (C=N–C) groups is 1. The standard InChI is InChI=1S/C17H13ClIN3/c1-12-16(11-20-14-9-7-13(19)8-10-14)17(18)22(21-12)15-5-3-2-4-6-15/h2-11H,1H3. The highest BCUT2D eigenvalue weighted by molar-refractivity contribution is 14.1. The predicted molar refractivity (Wildman–Crippen MR) is 99.7 cm³/mol. The SMILES string of the molecule is Cc1nn(-c2ccccc2)c(Cl)c1C=Nc1ccc(I)cc1. The zero-order valence-corrected chi connectivity index (χ0v) is 14.8. The first-order chi connectivity index (χ1) is 10.6. The van der Waals surface area contributed by atoms with Crippen LogP contribution in [0, 0.1) is 10.5 Å². The van der Waals surface area contributed by atoms with Gasteiger partial charge in [0.05, 0.1) is 22.6 Å². The van der Waals surface area contributed by atoms with E-state index in [0.717, 1.165) is 22.6 Å². The second-order valence-corrected chi connectivity index (χ2v) is 6.38. The largest absolute Gasteiger partial charge is 0.256 e. The van der Waals surface area contributed by atoms with Gasteiger partial charge in [-0.25, -0.2) is 4.68 Å². The molecule has 0 aliphatic heterocycles. The highest BCUT2D eigenvalue weighted by atomic mass is 127. The van der Waals surface area contributed by atoms with Gasteiger partial charge in [-0.3, -0.25) is 4.99 Å². The molecule has 0 spiro atoms. The van der Waals surface area contributed by atoms with Crippen LogP contribution in [0.4, 0.5) is 5.69 Å². The summed E-state index contributed by atoms with van der Waals surface area (Å²) in [5.74, 6) is 0. The summed E-state index contributed by atoms with van der Waals surface area (Å²) < 4.78 is 2.91. The molecule has 3 nitrogen and oxygen atoms in total. The number of nitrogens with zero attached hydrogens (tertiary/aromatic N) is 3. The van der Waals surface area contributed by atoms with Crippen LogP contribution in [-0.4, -0.2) is 16.0 Å². The summed E-state index contributed by atoms with van der Waals surface area (Å²) in [6.45, 7) is 1.93. The maximum Gasteiger partial charge on any atom is 0.141 e. The van der Waals surface area contributed by atoms with E-state index in [0.29, 0.717) is 5.15 Å². The molecule has 22 heavy (non-hydrogen) atoms. The zero-order valence-electron chi connectivity index (χ0n) is 11.9. The monoisotopic (exact) mass is 421 g/mol. The van der Waals surface area contributed by atoms with E-state index in [-0.39, 0.29) is 0 Å². The highest BCUT2D eigenvalue weighted by Crippen LogP contribution is 2.23. The number of aryl methyl sites for hydroxylation is 1. The molecule has 3 rings (SSSR count). The fraction of sp³-hybridized carbons (Fsp3) is 0.0588. The van der Waals surface area contributed by atoms with Crippen molar-refractivity contribution in [2.75, 3.05) is 0 Å². The first-order valence-electron chi connectivity index (χ1n) is 6.75. The van der Waals surface area contributed by atoms with E-state index in [1.54, 1.807) is 10.9 Å². The quantitative estimate of drug-likeness (QED) is 0.423. The zero-order chi connectivity index (χ0) is 15.5. The number of benzene rings is 2.